The molecule has 2 rings (SSSR count). The van der Waals surface area contributed by atoms with E-state index in [-0.39, 0.29) is 11.5 Å². The van der Waals surface area contributed by atoms with E-state index in [1.807, 2.05) is 0 Å². The standard InChI is InChI=1S/C18H16N2O7/c21-16(22)10-26-14-7-6-12(8-15(14)27-11-17(23)24)9-19-20-18(25)13-4-2-1-3-5-13/h1-9H,10-11H2,(H,20,25)(H,21,22)(H,23,24)/p-2. The maximum Gasteiger partial charge on any atom is 0.271 e. The molecule has 0 aliphatic heterocycles. The lowest BCUT2D eigenvalue weighted by Gasteiger charge is -2.14. The van der Waals surface area contributed by atoms with Crippen LogP contribution in [-0.2, 0) is 9.59 Å². The summed E-state index contributed by atoms with van der Waals surface area (Å²) in [6.07, 6.45) is 1.30. The van der Waals surface area contributed by atoms with Crippen molar-refractivity contribution < 1.29 is 34.1 Å². The number of hydrazone groups is 1. The van der Waals surface area contributed by atoms with Crippen LogP contribution in [0.4, 0.5) is 0 Å². The number of hydrogen-bond donors (Lipinski definition) is 1. The lowest BCUT2D eigenvalue weighted by atomic mass is 10.2. The highest BCUT2D eigenvalue weighted by atomic mass is 16.5. The molecular formula is C18H14N2O7-2. The first kappa shape index (κ1) is 19.4. The Kier molecular flexibility index (Phi) is 6.89. The van der Waals surface area contributed by atoms with E-state index < -0.39 is 31.1 Å². The molecule has 0 atom stereocenters. The van der Waals surface area contributed by atoms with E-state index in [0.717, 1.165) is 0 Å². The van der Waals surface area contributed by atoms with E-state index in [2.05, 4.69) is 10.5 Å². The normalized spacial score (nSPS) is 10.4. The molecule has 9 nitrogen and oxygen atoms in total. The first-order valence-corrected chi connectivity index (χ1v) is 7.63. The number of nitrogens with one attached hydrogen (secondary N) is 1. The second-order valence-electron chi connectivity index (χ2n) is 5.09. The van der Waals surface area contributed by atoms with Crippen molar-refractivity contribution >= 4 is 24.1 Å². The molecule has 1 N–H and O–H groups in total. The van der Waals surface area contributed by atoms with E-state index in [9.17, 15) is 24.6 Å². The van der Waals surface area contributed by atoms with Gasteiger partial charge in [0.25, 0.3) is 5.91 Å². The average Bonchev–Trinajstić information content (AvgIpc) is 2.66. The van der Waals surface area contributed by atoms with Gasteiger partial charge in [0.15, 0.2) is 11.5 Å². The summed E-state index contributed by atoms with van der Waals surface area (Å²) < 4.78 is 9.99. The van der Waals surface area contributed by atoms with Crippen molar-refractivity contribution in [2.75, 3.05) is 13.2 Å². The number of nitrogens with zero attached hydrogens (tertiary/aromatic N) is 1. The molecule has 0 fully saturated rings. The molecule has 0 aliphatic carbocycles. The summed E-state index contributed by atoms with van der Waals surface area (Å²) in [5.41, 5.74) is 3.21. The quantitative estimate of drug-likeness (QED) is 0.428. The first-order chi connectivity index (χ1) is 13.0. The van der Waals surface area contributed by atoms with Crippen molar-refractivity contribution in [3.63, 3.8) is 0 Å². The largest absolute Gasteiger partial charge is 0.546 e. The number of amides is 1. The maximum atomic E-state index is 11.9. The molecular weight excluding hydrogens is 356 g/mol. The van der Waals surface area contributed by atoms with Gasteiger partial charge in [0, 0.05) is 5.56 Å². The minimum Gasteiger partial charge on any atom is -0.546 e. The molecule has 0 radical (unpaired) electrons. The minimum atomic E-state index is -1.46. The number of carbonyl (C=O) groups is 3. The van der Waals surface area contributed by atoms with Crippen LogP contribution in [-0.4, -0.2) is 37.3 Å². The molecule has 0 aromatic heterocycles. The maximum absolute atomic E-state index is 11.9. The van der Waals surface area contributed by atoms with Gasteiger partial charge in [-0.25, -0.2) is 5.43 Å². The Morgan fingerprint density at radius 2 is 1.56 bits per heavy atom. The second-order valence-corrected chi connectivity index (χ2v) is 5.09. The Morgan fingerprint density at radius 1 is 0.926 bits per heavy atom. The van der Waals surface area contributed by atoms with E-state index in [1.165, 1.54) is 24.4 Å². The molecule has 0 unspecified atom stereocenters. The van der Waals surface area contributed by atoms with Crippen molar-refractivity contribution in [1.82, 2.24) is 5.43 Å². The minimum absolute atomic E-state index is 0.00548. The fourth-order valence-electron chi connectivity index (χ4n) is 1.93. The fourth-order valence-corrected chi connectivity index (χ4v) is 1.93. The van der Waals surface area contributed by atoms with Crippen LogP contribution >= 0.6 is 0 Å². The molecule has 140 valence electrons. The number of carboxylic acids is 2. The van der Waals surface area contributed by atoms with Gasteiger partial charge >= 0.3 is 0 Å². The number of aliphatic carboxylic acids is 2. The first-order valence-electron chi connectivity index (χ1n) is 7.63. The zero-order valence-electron chi connectivity index (χ0n) is 13.9. The fraction of sp³-hybridized carbons (Fsp3) is 0.111. The number of carboxylic acid groups (broad SMARTS) is 2. The summed E-state index contributed by atoms with van der Waals surface area (Å²) in [6, 6.07) is 12.7. The Hall–Kier alpha value is -3.88. The zero-order valence-corrected chi connectivity index (χ0v) is 13.9. The summed E-state index contributed by atoms with van der Waals surface area (Å²) in [5, 5.41) is 24.9. The van der Waals surface area contributed by atoms with E-state index in [0.29, 0.717) is 11.1 Å². The monoisotopic (exact) mass is 370 g/mol. The van der Waals surface area contributed by atoms with Crippen molar-refractivity contribution in [1.29, 1.82) is 0 Å². The molecule has 27 heavy (non-hydrogen) atoms. The topological polar surface area (TPSA) is 140 Å². The smallest absolute Gasteiger partial charge is 0.271 e. The molecule has 2 aromatic carbocycles. The Labute approximate surface area is 153 Å². The highest BCUT2D eigenvalue weighted by Gasteiger charge is 2.07. The predicted molar refractivity (Wildman–Crippen MR) is 88.9 cm³/mol. The van der Waals surface area contributed by atoms with Crippen LogP contribution in [0.1, 0.15) is 15.9 Å². The summed E-state index contributed by atoms with van der Waals surface area (Å²) in [6.45, 7) is -1.49. The zero-order chi connectivity index (χ0) is 19.6. The molecule has 0 spiro atoms. The van der Waals surface area contributed by atoms with Crippen molar-refractivity contribution in [3.8, 4) is 11.5 Å². The number of benzene rings is 2. The molecule has 9 heteroatoms. The van der Waals surface area contributed by atoms with Crippen LogP contribution in [0, 0.1) is 0 Å². The van der Waals surface area contributed by atoms with Gasteiger partial charge in [0.2, 0.25) is 0 Å². The molecule has 0 heterocycles. The second kappa shape index (κ2) is 9.56. The van der Waals surface area contributed by atoms with Gasteiger partial charge in [0.05, 0.1) is 18.2 Å². The van der Waals surface area contributed by atoms with Gasteiger partial charge in [-0.3, -0.25) is 4.79 Å². The predicted octanol–water partition coefficient (Wildman–Crippen LogP) is -1.29. The van der Waals surface area contributed by atoms with E-state index in [1.54, 1.807) is 30.3 Å². The Balaban J connectivity index is 2.09. The van der Waals surface area contributed by atoms with Crippen LogP contribution in [0.3, 0.4) is 0 Å². The average molecular weight is 370 g/mol. The highest BCUT2D eigenvalue weighted by molar-refractivity contribution is 5.94. The summed E-state index contributed by atoms with van der Waals surface area (Å²) in [4.78, 5) is 32.9. The van der Waals surface area contributed by atoms with Gasteiger partial charge in [-0.2, -0.15) is 5.10 Å². The van der Waals surface area contributed by atoms with Crippen LogP contribution in [0.15, 0.2) is 53.6 Å². The third-order valence-electron chi connectivity index (χ3n) is 3.07. The molecule has 0 saturated carbocycles. The van der Waals surface area contributed by atoms with Gasteiger partial charge in [-0.15, -0.1) is 0 Å². The summed E-state index contributed by atoms with van der Waals surface area (Å²) >= 11 is 0. The van der Waals surface area contributed by atoms with Gasteiger partial charge < -0.3 is 29.3 Å². The highest BCUT2D eigenvalue weighted by Crippen LogP contribution is 2.28. The summed E-state index contributed by atoms with van der Waals surface area (Å²) in [5.74, 6) is -3.34. The third-order valence-corrected chi connectivity index (χ3v) is 3.07. The van der Waals surface area contributed by atoms with Gasteiger partial charge in [0.1, 0.15) is 13.2 Å². The van der Waals surface area contributed by atoms with Crippen molar-refractivity contribution in [2.24, 2.45) is 5.10 Å². The van der Waals surface area contributed by atoms with Crippen molar-refractivity contribution in [2.45, 2.75) is 0 Å². The van der Waals surface area contributed by atoms with E-state index in [4.69, 9.17) is 9.47 Å². The lowest BCUT2D eigenvalue weighted by Crippen LogP contribution is -2.30. The molecule has 0 aliphatic rings. The van der Waals surface area contributed by atoms with Gasteiger partial charge in [-0.1, -0.05) is 18.2 Å². The Bertz CT molecular complexity index is 850. The number of hydrogen-bond acceptors (Lipinski definition) is 8. The number of carbonyl (C=O) groups excluding carboxylic acids is 3. The van der Waals surface area contributed by atoms with Crippen LogP contribution < -0.4 is 25.1 Å². The van der Waals surface area contributed by atoms with Crippen LogP contribution in [0.2, 0.25) is 0 Å². The molecule has 0 saturated heterocycles. The van der Waals surface area contributed by atoms with Gasteiger partial charge in [-0.05, 0) is 35.9 Å². The van der Waals surface area contributed by atoms with Crippen LogP contribution in [0.25, 0.3) is 0 Å². The number of rotatable bonds is 9. The molecule has 2 aromatic rings. The lowest BCUT2D eigenvalue weighted by molar-refractivity contribution is -0.309. The Morgan fingerprint density at radius 3 is 2.19 bits per heavy atom. The number of ether oxygens (including phenoxy) is 2. The molecule has 1 amide bonds. The van der Waals surface area contributed by atoms with Crippen molar-refractivity contribution in [3.05, 3.63) is 59.7 Å². The summed E-state index contributed by atoms with van der Waals surface area (Å²) in [7, 11) is 0. The molecule has 0 bridgehead atoms. The van der Waals surface area contributed by atoms with E-state index >= 15 is 0 Å². The third kappa shape index (κ3) is 6.50. The van der Waals surface area contributed by atoms with Crippen LogP contribution in [0.5, 0.6) is 11.5 Å². The SMILES string of the molecule is O=C([O-])COc1ccc(C=NNC(=O)c2ccccc2)cc1OCC(=O)[O-].